The van der Waals surface area contributed by atoms with E-state index in [1.54, 1.807) is 24.3 Å². The van der Waals surface area contributed by atoms with Gasteiger partial charge in [-0.05, 0) is 6.07 Å². The fourth-order valence-corrected chi connectivity index (χ4v) is 5.67. The highest BCUT2D eigenvalue weighted by Gasteiger charge is 2.41. The van der Waals surface area contributed by atoms with E-state index < -0.39 is 18.2 Å². The second-order valence-electron chi connectivity index (χ2n) is 6.00. The number of carbonyl (C=O) groups excluding carboxylic acids is 1. The van der Waals surface area contributed by atoms with Gasteiger partial charge in [-0.15, -0.1) is 0 Å². The van der Waals surface area contributed by atoms with Gasteiger partial charge in [0.2, 0.25) is 5.91 Å². The number of primary amides is 1. The molecule has 0 fully saturated rings. The zero-order chi connectivity index (χ0) is 15.7. The molecule has 0 bridgehead atoms. The van der Waals surface area contributed by atoms with Crippen molar-refractivity contribution in [1.29, 1.82) is 0 Å². The summed E-state index contributed by atoms with van der Waals surface area (Å²) in [6.45, 7) is 5.79. The summed E-state index contributed by atoms with van der Waals surface area (Å²) in [6, 6.07) is 16.2. The highest BCUT2D eigenvalue weighted by molar-refractivity contribution is 7.80. The summed E-state index contributed by atoms with van der Waals surface area (Å²) in [5.74, 6) is -0.550. The second-order valence-corrected chi connectivity index (χ2v) is 9.56. The van der Waals surface area contributed by atoms with Crippen molar-refractivity contribution in [2.24, 2.45) is 5.73 Å². The van der Waals surface area contributed by atoms with Gasteiger partial charge in [0.25, 0.3) is 0 Å². The molecule has 3 nitrogen and oxygen atoms in total. The minimum absolute atomic E-state index is 0.333. The Morgan fingerprint density at radius 2 is 1.48 bits per heavy atom. The van der Waals surface area contributed by atoms with Gasteiger partial charge < -0.3 is 10.3 Å². The van der Waals surface area contributed by atoms with Crippen molar-refractivity contribution in [3.63, 3.8) is 0 Å². The average Bonchev–Trinajstić information content (AvgIpc) is 2.46. The highest BCUT2D eigenvalue weighted by atomic mass is 31.2. The third-order valence-corrected chi connectivity index (χ3v) is 7.56. The Labute approximate surface area is 125 Å². The third-order valence-electron chi connectivity index (χ3n) is 3.57. The van der Waals surface area contributed by atoms with E-state index in [-0.39, 0.29) is 0 Å². The lowest BCUT2D eigenvalue weighted by atomic mass is 10.2. The van der Waals surface area contributed by atoms with Gasteiger partial charge in [0, 0.05) is 15.8 Å². The first-order valence-electron chi connectivity index (χ1n) is 6.83. The topological polar surface area (TPSA) is 60.2 Å². The van der Waals surface area contributed by atoms with Crippen molar-refractivity contribution >= 4 is 23.7 Å². The molecule has 110 valence electrons. The molecule has 0 aliphatic heterocycles. The first kappa shape index (κ1) is 15.5. The number of hydrogen-bond acceptors (Lipinski definition) is 2. The molecule has 1 amide bonds. The number of amides is 1. The van der Waals surface area contributed by atoms with E-state index in [0.717, 1.165) is 5.30 Å². The molecule has 0 spiro atoms. The minimum atomic E-state index is -3.00. The maximum atomic E-state index is 14.0. The predicted molar refractivity (Wildman–Crippen MR) is 88.0 cm³/mol. The summed E-state index contributed by atoms with van der Waals surface area (Å²) < 4.78 is 14.0. The molecule has 4 heteroatoms. The number of hydrogen-bond donors (Lipinski definition) is 1. The van der Waals surface area contributed by atoms with Crippen LogP contribution in [-0.2, 0) is 4.57 Å². The molecular weight excluding hydrogens is 281 g/mol. The molecular formula is C17H20NO2P. The van der Waals surface area contributed by atoms with Crippen molar-refractivity contribution in [3.05, 3.63) is 60.2 Å². The molecule has 2 aromatic carbocycles. The van der Waals surface area contributed by atoms with E-state index in [1.165, 1.54) is 0 Å². The molecule has 0 saturated carbocycles. The first-order valence-corrected chi connectivity index (χ1v) is 8.54. The number of carbonyl (C=O) groups is 1. The van der Waals surface area contributed by atoms with E-state index in [1.807, 2.05) is 51.1 Å². The number of benzene rings is 2. The lowest BCUT2D eigenvalue weighted by Crippen LogP contribution is -2.34. The predicted octanol–water partition coefficient (Wildman–Crippen LogP) is 2.90. The summed E-state index contributed by atoms with van der Waals surface area (Å²) in [5, 5.41) is 0.766. The Bertz CT molecular complexity index is 702. The molecule has 2 N–H and O–H groups in total. The SMILES string of the molecule is CC(C)(C)P(=O)(c1ccccc1)c1ccccc1C(N)=O. The van der Waals surface area contributed by atoms with E-state index in [4.69, 9.17) is 5.73 Å². The zero-order valence-electron chi connectivity index (χ0n) is 12.5. The van der Waals surface area contributed by atoms with E-state index >= 15 is 0 Å². The molecule has 2 rings (SSSR count). The van der Waals surface area contributed by atoms with Crippen LogP contribution in [0.25, 0.3) is 0 Å². The van der Waals surface area contributed by atoms with Crippen LogP contribution in [-0.4, -0.2) is 11.1 Å². The van der Waals surface area contributed by atoms with Crippen LogP contribution in [0.1, 0.15) is 31.1 Å². The molecule has 0 saturated heterocycles. The van der Waals surface area contributed by atoms with Gasteiger partial charge >= 0.3 is 0 Å². The van der Waals surface area contributed by atoms with Gasteiger partial charge in [-0.3, -0.25) is 4.79 Å². The summed E-state index contributed by atoms with van der Waals surface area (Å²) >= 11 is 0. The van der Waals surface area contributed by atoms with Crippen LogP contribution < -0.4 is 16.3 Å². The molecule has 1 atom stereocenters. The maximum Gasteiger partial charge on any atom is 0.249 e. The Kier molecular flexibility index (Phi) is 4.06. The summed E-state index contributed by atoms with van der Waals surface area (Å²) in [7, 11) is -3.00. The van der Waals surface area contributed by atoms with Gasteiger partial charge in [0.1, 0.15) is 7.14 Å². The molecule has 21 heavy (non-hydrogen) atoms. The summed E-state index contributed by atoms with van der Waals surface area (Å²) in [6.07, 6.45) is 0. The lowest BCUT2D eigenvalue weighted by Gasteiger charge is -2.33. The van der Waals surface area contributed by atoms with Crippen LogP contribution in [0.5, 0.6) is 0 Å². The largest absolute Gasteiger partial charge is 0.366 e. The zero-order valence-corrected chi connectivity index (χ0v) is 13.4. The Balaban J connectivity index is 2.81. The highest BCUT2D eigenvalue weighted by Crippen LogP contribution is 2.56. The van der Waals surface area contributed by atoms with Gasteiger partial charge in [0.05, 0.1) is 5.56 Å². The molecule has 0 aliphatic rings. The molecule has 2 aromatic rings. The van der Waals surface area contributed by atoms with Crippen molar-refractivity contribution in [2.45, 2.75) is 25.9 Å². The van der Waals surface area contributed by atoms with E-state index in [0.29, 0.717) is 10.9 Å². The van der Waals surface area contributed by atoms with Gasteiger partial charge in [-0.1, -0.05) is 69.3 Å². The van der Waals surface area contributed by atoms with Gasteiger partial charge in [-0.2, -0.15) is 0 Å². The summed E-state index contributed by atoms with van der Waals surface area (Å²) in [4.78, 5) is 11.7. The molecule has 1 unspecified atom stereocenters. The molecule has 0 heterocycles. The van der Waals surface area contributed by atoms with Crippen molar-refractivity contribution < 1.29 is 9.36 Å². The van der Waals surface area contributed by atoms with Crippen LogP contribution in [0.15, 0.2) is 54.6 Å². The van der Waals surface area contributed by atoms with Gasteiger partial charge in [0.15, 0.2) is 0 Å². The second kappa shape index (κ2) is 5.50. The normalized spacial score (nSPS) is 14.4. The average molecular weight is 301 g/mol. The monoisotopic (exact) mass is 301 g/mol. The molecule has 0 aromatic heterocycles. The lowest BCUT2D eigenvalue weighted by molar-refractivity contribution is 0.100. The van der Waals surface area contributed by atoms with Crippen molar-refractivity contribution in [2.75, 3.05) is 0 Å². The fourth-order valence-electron chi connectivity index (χ4n) is 2.48. The van der Waals surface area contributed by atoms with Crippen LogP contribution in [0.2, 0.25) is 0 Å². The van der Waals surface area contributed by atoms with Crippen LogP contribution in [0, 0.1) is 0 Å². The smallest absolute Gasteiger partial charge is 0.249 e. The standard InChI is InChI=1S/C17H20NO2P/c1-17(2,3)21(20,13-9-5-4-6-10-13)15-12-8-7-11-14(15)16(18)19/h4-12H,1-3H3,(H2,18,19). The van der Waals surface area contributed by atoms with Gasteiger partial charge in [-0.25, -0.2) is 0 Å². The third kappa shape index (κ3) is 2.66. The van der Waals surface area contributed by atoms with Crippen molar-refractivity contribution in [1.82, 2.24) is 0 Å². The minimum Gasteiger partial charge on any atom is -0.366 e. The number of rotatable bonds is 3. The van der Waals surface area contributed by atoms with Crippen LogP contribution >= 0.6 is 7.14 Å². The van der Waals surface area contributed by atoms with Crippen LogP contribution in [0.3, 0.4) is 0 Å². The fraction of sp³-hybridized carbons (Fsp3) is 0.235. The summed E-state index contributed by atoms with van der Waals surface area (Å²) in [5.41, 5.74) is 5.81. The van der Waals surface area contributed by atoms with Crippen LogP contribution in [0.4, 0.5) is 0 Å². The van der Waals surface area contributed by atoms with E-state index in [9.17, 15) is 9.36 Å². The molecule has 0 aliphatic carbocycles. The van der Waals surface area contributed by atoms with Crippen molar-refractivity contribution in [3.8, 4) is 0 Å². The first-order chi connectivity index (χ1) is 9.78. The Morgan fingerprint density at radius 1 is 0.952 bits per heavy atom. The quantitative estimate of drug-likeness (QED) is 0.886. The van der Waals surface area contributed by atoms with E-state index in [2.05, 4.69) is 0 Å². The Morgan fingerprint density at radius 3 is 2.00 bits per heavy atom. The Hall–Kier alpha value is -1.86. The molecule has 0 radical (unpaired) electrons. The number of nitrogens with two attached hydrogens (primary N) is 1. The maximum absolute atomic E-state index is 14.0.